The van der Waals surface area contributed by atoms with Crippen molar-refractivity contribution in [3.05, 3.63) is 38.3 Å². The van der Waals surface area contributed by atoms with Crippen LogP contribution in [0.15, 0.2) is 22.7 Å². The molecular formula is C13H13BrN2O5. The summed E-state index contributed by atoms with van der Waals surface area (Å²) in [5.74, 6) is -0.877. The highest BCUT2D eigenvalue weighted by Gasteiger charge is 2.35. The molecule has 1 aliphatic rings. The van der Waals surface area contributed by atoms with E-state index in [0.717, 1.165) is 0 Å². The summed E-state index contributed by atoms with van der Waals surface area (Å²) in [5.41, 5.74) is -0.00609. The lowest BCUT2D eigenvalue weighted by molar-refractivity contribution is -0.385. The fourth-order valence-corrected chi connectivity index (χ4v) is 2.84. The van der Waals surface area contributed by atoms with Crippen molar-refractivity contribution in [2.75, 3.05) is 13.7 Å². The Morgan fingerprint density at radius 1 is 1.43 bits per heavy atom. The fourth-order valence-electron chi connectivity index (χ4n) is 2.36. The second-order valence-electron chi connectivity index (χ2n) is 4.63. The Kier molecular flexibility index (Phi) is 4.56. The topological polar surface area (TPSA) is 89.8 Å². The van der Waals surface area contributed by atoms with Crippen molar-refractivity contribution in [3.8, 4) is 0 Å². The Morgan fingerprint density at radius 3 is 2.76 bits per heavy atom. The third-order valence-electron chi connectivity index (χ3n) is 3.33. The summed E-state index contributed by atoms with van der Waals surface area (Å²) in [7, 11) is 1.27. The number of carbonyl (C=O) groups excluding carboxylic acids is 2. The highest BCUT2D eigenvalue weighted by molar-refractivity contribution is 9.10. The number of nitrogens with zero attached hydrogens (tertiary/aromatic N) is 2. The number of non-ortho nitro benzene ring substituents is 1. The van der Waals surface area contributed by atoms with E-state index in [1.807, 2.05) is 0 Å². The molecule has 1 aromatic rings. The van der Waals surface area contributed by atoms with Crippen molar-refractivity contribution in [2.24, 2.45) is 0 Å². The number of hydrogen-bond acceptors (Lipinski definition) is 5. The van der Waals surface area contributed by atoms with Gasteiger partial charge in [-0.2, -0.15) is 0 Å². The number of ether oxygens (including phenoxy) is 1. The SMILES string of the molecule is COC(=O)C1CCCN1C(=O)c1cc(Br)cc([N+](=O)[O-])c1. The fraction of sp³-hybridized carbons (Fsp3) is 0.385. The number of nitro benzene ring substituents is 1. The lowest BCUT2D eigenvalue weighted by atomic mass is 10.1. The molecule has 1 aliphatic heterocycles. The summed E-state index contributed by atoms with van der Waals surface area (Å²) >= 11 is 3.15. The van der Waals surface area contributed by atoms with Crippen LogP contribution in [-0.4, -0.2) is 41.4 Å². The van der Waals surface area contributed by atoms with E-state index in [2.05, 4.69) is 20.7 Å². The molecule has 0 spiro atoms. The summed E-state index contributed by atoms with van der Waals surface area (Å²) in [5, 5.41) is 10.9. The standard InChI is InChI=1S/C13H13BrN2O5/c1-21-13(18)11-3-2-4-15(11)12(17)8-5-9(14)7-10(6-8)16(19)20/h5-7,11H,2-4H2,1H3. The van der Waals surface area contributed by atoms with Crippen molar-refractivity contribution in [3.63, 3.8) is 0 Å². The van der Waals surface area contributed by atoms with Gasteiger partial charge in [0.2, 0.25) is 0 Å². The molecule has 8 heteroatoms. The summed E-state index contributed by atoms with van der Waals surface area (Å²) in [6.45, 7) is 0.429. The molecule has 1 fully saturated rings. The van der Waals surface area contributed by atoms with E-state index in [1.165, 1.54) is 30.2 Å². The molecule has 1 saturated heterocycles. The van der Waals surface area contributed by atoms with Crippen LogP contribution in [0.5, 0.6) is 0 Å². The van der Waals surface area contributed by atoms with Gasteiger partial charge >= 0.3 is 5.97 Å². The van der Waals surface area contributed by atoms with Crippen LogP contribution < -0.4 is 0 Å². The summed E-state index contributed by atoms with van der Waals surface area (Å²) < 4.78 is 5.12. The minimum absolute atomic E-state index is 0.173. The average Bonchev–Trinajstić information content (AvgIpc) is 2.94. The van der Waals surface area contributed by atoms with Gasteiger partial charge in [0.1, 0.15) is 6.04 Å². The monoisotopic (exact) mass is 356 g/mol. The van der Waals surface area contributed by atoms with E-state index >= 15 is 0 Å². The smallest absolute Gasteiger partial charge is 0.328 e. The molecular weight excluding hydrogens is 344 g/mol. The van der Waals surface area contributed by atoms with Crippen molar-refractivity contribution < 1.29 is 19.2 Å². The molecule has 0 N–H and O–H groups in total. The summed E-state index contributed by atoms with van der Waals surface area (Å²) in [6, 6.07) is 3.40. The van der Waals surface area contributed by atoms with Crippen LogP contribution in [0.3, 0.4) is 0 Å². The Morgan fingerprint density at radius 2 is 2.14 bits per heavy atom. The molecule has 1 atom stereocenters. The Bertz CT molecular complexity index is 604. The van der Waals surface area contributed by atoms with Crippen molar-refractivity contribution in [1.82, 2.24) is 4.90 Å². The zero-order chi connectivity index (χ0) is 15.6. The van der Waals surface area contributed by atoms with Crippen molar-refractivity contribution >= 4 is 33.5 Å². The number of methoxy groups -OCH3 is 1. The van der Waals surface area contributed by atoms with Gasteiger partial charge in [0, 0.05) is 28.7 Å². The highest BCUT2D eigenvalue weighted by atomic mass is 79.9. The molecule has 21 heavy (non-hydrogen) atoms. The molecule has 1 unspecified atom stereocenters. The average molecular weight is 357 g/mol. The molecule has 7 nitrogen and oxygen atoms in total. The first-order valence-electron chi connectivity index (χ1n) is 6.28. The second-order valence-corrected chi connectivity index (χ2v) is 5.55. The van der Waals surface area contributed by atoms with Crippen LogP contribution in [0.4, 0.5) is 5.69 Å². The minimum Gasteiger partial charge on any atom is -0.467 e. The maximum atomic E-state index is 12.5. The van der Waals surface area contributed by atoms with Gasteiger partial charge in [0.25, 0.3) is 11.6 Å². The molecule has 0 radical (unpaired) electrons. The van der Waals surface area contributed by atoms with Gasteiger partial charge in [-0.05, 0) is 18.9 Å². The van der Waals surface area contributed by atoms with E-state index in [1.54, 1.807) is 0 Å². The largest absolute Gasteiger partial charge is 0.467 e. The number of hydrogen-bond donors (Lipinski definition) is 0. The zero-order valence-corrected chi connectivity index (χ0v) is 12.8. The molecule has 1 aromatic carbocycles. The molecule has 0 bridgehead atoms. The summed E-state index contributed by atoms with van der Waals surface area (Å²) in [4.78, 5) is 35.8. The van der Waals surface area contributed by atoms with E-state index in [-0.39, 0.29) is 11.3 Å². The van der Waals surface area contributed by atoms with E-state index in [4.69, 9.17) is 0 Å². The first-order chi connectivity index (χ1) is 9.93. The lowest BCUT2D eigenvalue weighted by Crippen LogP contribution is -2.41. The van der Waals surface area contributed by atoms with Crippen molar-refractivity contribution in [2.45, 2.75) is 18.9 Å². The van der Waals surface area contributed by atoms with Gasteiger partial charge in [-0.25, -0.2) is 4.79 Å². The van der Waals surface area contributed by atoms with Crippen LogP contribution in [-0.2, 0) is 9.53 Å². The number of amides is 1. The van der Waals surface area contributed by atoms with Gasteiger partial charge in [-0.1, -0.05) is 15.9 Å². The first kappa shape index (κ1) is 15.4. The van der Waals surface area contributed by atoms with E-state index < -0.39 is 22.8 Å². The minimum atomic E-state index is -0.625. The third kappa shape index (κ3) is 3.21. The van der Waals surface area contributed by atoms with Gasteiger partial charge in [0.15, 0.2) is 0 Å². The van der Waals surface area contributed by atoms with Gasteiger partial charge in [0.05, 0.1) is 12.0 Å². The number of nitro groups is 1. The molecule has 112 valence electrons. The van der Waals surface area contributed by atoms with Gasteiger partial charge < -0.3 is 9.64 Å². The third-order valence-corrected chi connectivity index (χ3v) is 3.79. The number of esters is 1. The Labute approximate surface area is 129 Å². The number of likely N-dealkylation sites (tertiary alicyclic amines) is 1. The predicted octanol–water partition coefficient (Wildman–Crippen LogP) is 2.13. The molecule has 0 aromatic heterocycles. The quantitative estimate of drug-likeness (QED) is 0.470. The first-order valence-corrected chi connectivity index (χ1v) is 7.07. The number of rotatable bonds is 3. The number of halogens is 1. The van der Waals surface area contributed by atoms with Crippen LogP contribution in [0.1, 0.15) is 23.2 Å². The highest BCUT2D eigenvalue weighted by Crippen LogP contribution is 2.26. The molecule has 2 rings (SSSR count). The van der Waals surface area contributed by atoms with Gasteiger partial charge in [-0.15, -0.1) is 0 Å². The molecule has 0 saturated carbocycles. The Balaban J connectivity index is 2.31. The van der Waals surface area contributed by atoms with Crippen LogP contribution in [0.2, 0.25) is 0 Å². The molecule has 0 aliphatic carbocycles. The normalized spacial score (nSPS) is 17.6. The maximum absolute atomic E-state index is 12.5. The van der Waals surface area contributed by atoms with E-state index in [0.29, 0.717) is 23.9 Å². The number of carbonyl (C=O) groups is 2. The van der Waals surface area contributed by atoms with Crippen molar-refractivity contribution in [1.29, 1.82) is 0 Å². The van der Waals surface area contributed by atoms with Crippen LogP contribution >= 0.6 is 15.9 Å². The summed E-state index contributed by atoms with van der Waals surface area (Å²) in [6.07, 6.45) is 1.23. The molecule has 1 amide bonds. The second kappa shape index (κ2) is 6.21. The Hall–Kier alpha value is -1.96. The van der Waals surface area contributed by atoms with Gasteiger partial charge in [-0.3, -0.25) is 14.9 Å². The van der Waals surface area contributed by atoms with Crippen LogP contribution in [0, 0.1) is 10.1 Å². The number of benzene rings is 1. The lowest BCUT2D eigenvalue weighted by Gasteiger charge is -2.22. The molecule has 1 heterocycles. The van der Waals surface area contributed by atoms with E-state index in [9.17, 15) is 19.7 Å². The predicted molar refractivity (Wildman–Crippen MR) is 76.9 cm³/mol. The maximum Gasteiger partial charge on any atom is 0.328 e. The van der Waals surface area contributed by atoms with Crippen LogP contribution in [0.25, 0.3) is 0 Å². The zero-order valence-electron chi connectivity index (χ0n) is 11.2.